The standard InChI is InChI=1S/C16H16ClF3N4O2/c17-10-2-1-3-11(8-10)22-15(25)21-5-6-24-13-4-7-26-9-12(13)14(23-24)16(18,19)20/h1-3,8H,4-7,9H2,(H2,21,22,25). The molecule has 0 radical (unpaired) electrons. The summed E-state index contributed by atoms with van der Waals surface area (Å²) in [4.78, 5) is 11.9. The van der Waals surface area contributed by atoms with Gasteiger partial charge in [0, 0.05) is 34.9 Å². The van der Waals surface area contributed by atoms with Gasteiger partial charge in [0.05, 0.1) is 19.8 Å². The van der Waals surface area contributed by atoms with Crippen LogP contribution in [0.4, 0.5) is 23.7 Å². The van der Waals surface area contributed by atoms with E-state index in [4.69, 9.17) is 16.3 Å². The molecule has 0 spiro atoms. The predicted octanol–water partition coefficient (Wildman–Crippen LogP) is 3.45. The largest absolute Gasteiger partial charge is 0.435 e. The third-order valence-electron chi connectivity index (χ3n) is 3.86. The van der Waals surface area contributed by atoms with Gasteiger partial charge in [-0.25, -0.2) is 4.79 Å². The van der Waals surface area contributed by atoms with Crippen molar-refractivity contribution >= 4 is 23.3 Å². The molecule has 1 aliphatic heterocycles. The minimum atomic E-state index is -4.53. The van der Waals surface area contributed by atoms with Crippen LogP contribution in [0.25, 0.3) is 0 Å². The van der Waals surface area contributed by atoms with Gasteiger partial charge in [-0.3, -0.25) is 4.68 Å². The highest BCUT2D eigenvalue weighted by molar-refractivity contribution is 6.30. The number of carbonyl (C=O) groups is 1. The molecule has 0 saturated carbocycles. The number of hydrogen-bond acceptors (Lipinski definition) is 3. The Kier molecular flexibility index (Phi) is 5.38. The number of carbonyl (C=O) groups excluding carboxylic acids is 1. The van der Waals surface area contributed by atoms with Crippen LogP contribution in [0.1, 0.15) is 17.0 Å². The van der Waals surface area contributed by atoms with Crippen molar-refractivity contribution in [2.24, 2.45) is 0 Å². The summed E-state index contributed by atoms with van der Waals surface area (Å²) < 4.78 is 45.7. The van der Waals surface area contributed by atoms with Crippen LogP contribution >= 0.6 is 11.6 Å². The van der Waals surface area contributed by atoms with Crippen molar-refractivity contribution in [3.8, 4) is 0 Å². The van der Waals surface area contributed by atoms with Crippen LogP contribution in [-0.4, -0.2) is 29.0 Å². The van der Waals surface area contributed by atoms with Crippen molar-refractivity contribution in [3.05, 3.63) is 46.2 Å². The van der Waals surface area contributed by atoms with Crippen LogP contribution in [0.3, 0.4) is 0 Å². The molecule has 0 atom stereocenters. The van der Waals surface area contributed by atoms with E-state index in [2.05, 4.69) is 15.7 Å². The van der Waals surface area contributed by atoms with Crippen LogP contribution in [0.5, 0.6) is 0 Å². The van der Waals surface area contributed by atoms with Crippen LogP contribution in [0.2, 0.25) is 5.02 Å². The van der Waals surface area contributed by atoms with Gasteiger partial charge in [0.25, 0.3) is 0 Å². The highest BCUT2D eigenvalue weighted by atomic mass is 35.5. The first-order valence-corrected chi connectivity index (χ1v) is 8.26. The zero-order valence-corrected chi connectivity index (χ0v) is 14.3. The van der Waals surface area contributed by atoms with E-state index in [0.717, 1.165) is 0 Å². The maximum absolute atomic E-state index is 13.1. The van der Waals surface area contributed by atoms with Gasteiger partial charge in [-0.1, -0.05) is 17.7 Å². The number of hydrogen-bond donors (Lipinski definition) is 2. The molecule has 1 aliphatic rings. The Balaban J connectivity index is 1.61. The second-order valence-corrected chi connectivity index (χ2v) is 6.13. The highest BCUT2D eigenvalue weighted by Crippen LogP contribution is 2.34. The minimum Gasteiger partial charge on any atom is -0.376 e. The summed E-state index contributed by atoms with van der Waals surface area (Å²) in [5, 5.41) is 9.34. The summed E-state index contributed by atoms with van der Waals surface area (Å²) in [5.74, 6) is 0. The van der Waals surface area contributed by atoms with Crippen LogP contribution in [-0.2, 0) is 30.5 Å². The summed E-state index contributed by atoms with van der Waals surface area (Å²) in [7, 11) is 0. The molecule has 0 fully saturated rings. The number of anilines is 1. The Morgan fingerprint density at radius 3 is 2.92 bits per heavy atom. The van der Waals surface area contributed by atoms with Crippen molar-refractivity contribution in [1.29, 1.82) is 0 Å². The van der Waals surface area contributed by atoms with E-state index in [1.807, 2.05) is 0 Å². The number of alkyl halides is 3. The first-order chi connectivity index (χ1) is 12.3. The van der Waals surface area contributed by atoms with E-state index in [1.54, 1.807) is 24.3 Å². The van der Waals surface area contributed by atoms with Gasteiger partial charge < -0.3 is 15.4 Å². The van der Waals surface area contributed by atoms with Gasteiger partial charge in [0.1, 0.15) is 0 Å². The second kappa shape index (κ2) is 7.55. The third kappa shape index (κ3) is 4.28. The Hall–Kier alpha value is -2.26. The SMILES string of the molecule is O=C(NCCn1nc(C(F)(F)F)c2c1CCOC2)Nc1cccc(Cl)c1. The van der Waals surface area contributed by atoms with Gasteiger partial charge in [0.15, 0.2) is 5.69 Å². The second-order valence-electron chi connectivity index (χ2n) is 5.69. The maximum Gasteiger partial charge on any atom is 0.435 e. The molecule has 10 heteroatoms. The summed E-state index contributed by atoms with van der Waals surface area (Å²) in [6.07, 6.45) is -4.18. The number of rotatable bonds is 4. The molecule has 6 nitrogen and oxygen atoms in total. The minimum absolute atomic E-state index is 0.0760. The monoisotopic (exact) mass is 388 g/mol. The van der Waals surface area contributed by atoms with Gasteiger partial charge in [-0.05, 0) is 18.2 Å². The molecule has 1 aromatic carbocycles. The van der Waals surface area contributed by atoms with Crippen molar-refractivity contribution in [2.45, 2.75) is 25.7 Å². The Labute approximate surface area is 152 Å². The zero-order valence-electron chi connectivity index (χ0n) is 13.6. The Bertz CT molecular complexity index is 807. The molecule has 0 aliphatic carbocycles. The number of aromatic nitrogens is 2. The topological polar surface area (TPSA) is 68.2 Å². The number of benzene rings is 1. The molecular formula is C16H16ClF3N4O2. The molecule has 2 amide bonds. The zero-order chi connectivity index (χ0) is 18.7. The smallest absolute Gasteiger partial charge is 0.376 e. The summed E-state index contributed by atoms with van der Waals surface area (Å²) in [5.41, 5.74) is 0.173. The average molecular weight is 389 g/mol. The van der Waals surface area contributed by atoms with E-state index in [1.165, 1.54) is 4.68 Å². The molecule has 26 heavy (non-hydrogen) atoms. The average Bonchev–Trinajstić information content (AvgIpc) is 2.94. The van der Waals surface area contributed by atoms with Crippen LogP contribution < -0.4 is 10.6 Å². The normalized spacial score (nSPS) is 14.0. The number of amides is 2. The van der Waals surface area contributed by atoms with Gasteiger partial charge in [0.2, 0.25) is 0 Å². The number of urea groups is 1. The van der Waals surface area contributed by atoms with Gasteiger partial charge >= 0.3 is 12.2 Å². The molecule has 0 unspecified atom stereocenters. The fourth-order valence-electron chi connectivity index (χ4n) is 2.74. The number of nitrogens with zero attached hydrogens (tertiary/aromatic N) is 2. The number of halogens is 4. The lowest BCUT2D eigenvalue weighted by Gasteiger charge is -2.15. The highest BCUT2D eigenvalue weighted by Gasteiger charge is 2.39. The van der Waals surface area contributed by atoms with Gasteiger partial charge in [-0.2, -0.15) is 18.3 Å². The van der Waals surface area contributed by atoms with E-state index in [9.17, 15) is 18.0 Å². The van der Waals surface area contributed by atoms with Crippen molar-refractivity contribution in [3.63, 3.8) is 0 Å². The third-order valence-corrected chi connectivity index (χ3v) is 4.09. The summed E-state index contributed by atoms with van der Waals surface area (Å²) in [6.45, 7) is 0.492. The van der Waals surface area contributed by atoms with E-state index < -0.39 is 17.9 Å². The van der Waals surface area contributed by atoms with Gasteiger partial charge in [-0.15, -0.1) is 0 Å². The molecular weight excluding hydrogens is 373 g/mol. The van der Waals surface area contributed by atoms with Crippen LogP contribution in [0.15, 0.2) is 24.3 Å². The molecule has 140 valence electrons. The lowest BCUT2D eigenvalue weighted by molar-refractivity contribution is -0.142. The first-order valence-electron chi connectivity index (χ1n) is 7.88. The Morgan fingerprint density at radius 2 is 2.19 bits per heavy atom. The molecule has 1 aromatic heterocycles. The number of nitrogens with one attached hydrogen (secondary N) is 2. The quantitative estimate of drug-likeness (QED) is 0.843. The molecule has 2 N–H and O–H groups in total. The molecule has 2 heterocycles. The number of ether oxygens (including phenoxy) is 1. The van der Waals surface area contributed by atoms with E-state index in [-0.39, 0.29) is 25.3 Å². The van der Waals surface area contributed by atoms with Crippen LogP contribution in [0, 0.1) is 0 Å². The predicted molar refractivity (Wildman–Crippen MR) is 89.1 cm³/mol. The van der Waals surface area contributed by atoms with Crippen molar-refractivity contribution in [2.75, 3.05) is 18.5 Å². The molecule has 2 aromatic rings. The number of fused-ring (bicyclic) bond motifs is 1. The Morgan fingerprint density at radius 1 is 1.38 bits per heavy atom. The lowest BCUT2D eigenvalue weighted by atomic mass is 10.1. The first kappa shape index (κ1) is 18.5. The maximum atomic E-state index is 13.1. The summed E-state index contributed by atoms with van der Waals surface area (Å²) >= 11 is 5.83. The fourth-order valence-corrected chi connectivity index (χ4v) is 2.93. The van der Waals surface area contributed by atoms with E-state index >= 15 is 0 Å². The lowest BCUT2D eigenvalue weighted by Crippen LogP contribution is -2.32. The molecule has 3 rings (SSSR count). The van der Waals surface area contributed by atoms with Crippen molar-refractivity contribution < 1.29 is 22.7 Å². The fraction of sp³-hybridized carbons (Fsp3) is 0.375. The van der Waals surface area contributed by atoms with Crippen molar-refractivity contribution in [1.82, 2.24) is 15.1 Å². The summed E-state index contributed by atoms with van der Waals surface area (Å²) in [6, 6.07) is 6.14. The molecule has 0 saturated heterocycles. The molecule has 0 bridgehead atoms. The van der Waals surface area contributed by atoms with E-state index in [0.29, 0.717) is 29.4 Å².